The van der Waals surface area contributed by atoms with Crippen LogP contribution in [0, 0.1) is 6.92 Å². The summed E-state index contributed by atoms with van der Waals surface area (Å²) in [5, 5.41) is 0. The van der Waals surface area contributed by atoms with Crippen molar-refractivity contribution in [2.75, 3.05) is 24.5 Å². The van der Waals surface area contributed by atoms with Crippen LogP contribution in [-0.4, -0.2) is 41.5 Å². The summed E-state index contributed by atoms with van der Waals surface area (Å²) >= 11 is 0. The summed E-state index contributed by atoms with van der Waals surface area (Å²) in [6, 6.07) is 17.8. The number of aromatic nitrogens is 1. The molecule has 6 nitrogen and oxygen atoms in total. The van der Waals surface area contributed by atoms with Crippen molar-refractivity contribution in [2.45, 2.75) is 38.8 Å². The van der Waals surface area contributed by atoms with Crippen LogP contribution >= 0.6 is 0 Å². The Balaban J connectivity index is 1.40. The molecule has 1 amide bonds. The van der Waals surface area contributed by atoms with Crippen LogP contribution in [0.25, 0.3) is 11.5 Å². The van der Waals surface area contributed by atoms with E-state index in [2.05, 4.69) is 4.90 Å². The minimum Gasteiger partial charge on any atom is -0.477 e. The maximum Gasteiger partial charge on any atom is 0.265 e. The molecule has 0 spiro atoms. The Labute approximate surface area is 182 Å². The van der Waals surface area contributed by atoms with Crippen molar-refractivity contribution in [2.24, 2.45) is 0 Å². The zero-order valence-corrected chi connectivity index (χ0v) is 17.8. The molecule has 2 aliphatic rings. The lowest BCUT2D eigenvalue weighted by Crippen LogP contribution is -2.51. The first-order chi connectivity index (χ1) is 15.2. The third kappa shape index (κ3) is 4.02. The number of piperidine rings is 1. The molecule has 2 aromatic carbocycles. The normalized spacial score (nSPS) is 18.4. The molecule has 160 valence electrons. The van der Waals surface area contributed by atoms with Crippen LogP contribution in [0.2, 0.25) is 0 Å². The summed E-state index contributed by atoms with van der Waals surface area (Å²) in [6.45, 7) is 4.65. The number of ether oxygens (including phenoxy) is 1. The second-order valence-electron chi connectivity index (χ2n) is 8.23. The summed E-state index contributed by atoms with van der Waals surface area (Å²) in [5.74, 6) is 2.24. The predicted octanol–water partition coefficient (Wildman–Crippen LogP) is 4.43. The van der Waals surface area contributed by atoms with Crippen LogP contribution in [0.5, 0.6) is 5.75 Å². The van der Waals surface area contributed by atoms with Gasteiger partial charge in [-0.05, 0) is 50.5 Å². The van der Waals surface area contributed by atoms with E-state index in [1.54, 1.807) is 0 Å². The Morgan fingerprint density at radius 1 is 1.03 bits per heavy atom. The predicted molar refractivity (Wildman–Crippen MR) is 119 cm³/mol. The first-order valence-electron chi connectivity index (χ1n) is 11.0. The highest BCUT2D eigenvalue weighted by molar-refractivity contribution is 5.83. The molecule has 1 aromatic heterocycles. The summed E-state index contributed by atoms with van der Waals surface area (Å²) in [7, 11) is 0. The van der Waals surface area contributed by atoms with Crippen molar-refractivity contribution in [1.29, 1.82) is 0 Å². The van der Waals surface area contributed by atoms with Gasteiger partial charge in [-0.15, -0.1) is 0 Å². The van der Waals surface area contributed by atoms with Gasteiger partial charge < -0.3 is 19.0 Å². The molecule has 1 fully saturated rings. The summed E-state index contributed by atoms with van der Waals surface area (Å²) in [6.07, 6.45) is 2.83. The topological polar surface area (TPSA) is 58.8 Å². The van der Waals surface area contributed by atoms with Crippen molar-refractivity contribution in [1.82, 2.24) is 9.88 Å². The van der Waals surface area contributed by atoms with E-state index in [1.165, 1.54) is 6.42 Å². The highest BCUT2D eigenvalue weighted by Crippen LogP contribution is 2.35. The first-order valence-corrected chi connectivity index (χ1v) is 11.0. The third-order valence-corrected chi connectivity index (χ3v) is 6.06. The molecule has 0 N–H and O–H groups in total. The van der Waals surface area contributed by atoms with Crippen LogP contribution in [0.3, 0.4) is 0 Å². The summed E-state index contributed by atoms with van der Waals surface area (Å²) < 4.78 is 12.1. The van der Waals surface area contributed by atoms with Crippen LogP contribution < -0.4 is 9.64 Å². The van der Waals surface area contributed by atoms with Crippen molar-refractivity contribution >= 4 is 11.6 Å². The summed E-state index contributed by atoms with van der Waals surface area (Å²) in [5.41, 5.74) is 2.81. The number of benzene rings is 2. The van der Waals surface area contributed by atoms with Gasteiger partial charge in [-0.3, -0.25) is 4.79 Å². The second-order valence-corrected chi connectivity index (χ2v) is 8.23. The number of hydrogen-bond donors (Lipinski definition) is 0. The number of hydrogen-bond acceptors (Lipinski definition) is 5. The molecular weight excluding hydrogens is 390 g/mol. The first kappa shape index (κ1) is 19.7. The fraction of sp³-hybridized carbons (Fsp3) is 0.360. The van der Waals surface area contributed by atoms with E-state index in [0.717, 1.165) is 54.4 Å². The lowest BCUT2D eigenvalue weighted by molar-refractivity contribution is -0.139. The average Bonchev–Trinajstić information content (AvgIpc) is 3.19. The Morgan fingerprint density at radius 3 is 2.58 bits per heavy atom. The van der Waals surface area contributed by atoms with Gasteiger partial charge in [-0.25, -0.2) is 4.98 Å². The van der Waals surface area contributed by atoms with Crippen LogP contribution in [-0.2, 0) is 11.3 Å². The highest BCUT2D eigenvalue weighted by atomic mass is 16.5. The molecule has 6 heteroatoms. The van der Waals surface area contributed by atoms with E-state index < -0.39 is 6.10 Å². The highest BCUT2D eigenvalue weighted by Gasteiger charge is 2.34. The largest absolute Gasteiger partial charge is 0.477 e. The molecule has 5 rings (SSSR count). The molecule has 1 unspecified atom stereocenters. The van der Waals surface area contributed by atoms with E-state index in [1.807, 2.05) is 66.4 Å². The lowest BCUT2D eigenvalue weighted by Gasteiger charge is -2.38. The number of aryl methyl sites for hydroxylation is 1. The van der Waals surface area contributed by atoms with E-state index in [9.17, 15) is 4.79 Å². The SMILES string of the molecule is Cc1oc(-c2ccccc2)nc1CN1CC(C(=O)N2CCCCC2)Oc2ccccc21. The minimum atomic E-state index is -0.506. The van der Waals surface area contributed by atoms with Gasteiger partial charge in [-0.1, -0.05) is 30.3 Å². The van der Waals surface area contributed by atoms with E-state index in [0.29, 0.717) is 19.0 Å². The maximum absolute atomic E-state index is 13.2. The summed E-state index contributed by atoms with van der Waals surface area (Å²) in [4.78, 5) is 22.1. The van der Waals surface area contributed by atoms with Gasteiger partial charge in [0.25, 0.3) is 5.91 Å². The Bertz CT molecular complexity index is 1060. The molecule has 1 saturated heterocycles. The smallest absolute Gasteiger partial charge is 0.265 e. The number of anilines is 1. The van der Waals surface area contributed by atoms with Crippen molar-refractivity contribution < 1.29 is 13.9 Å². The van der Waals surface area contributed by atoms with Crippen molar-refractivity contribution in [3.63, 3.8) is 0 Å². The molecule has 0 aliphatic carbocycles. The molecular formula is C25H27N3O3. The number of rotatable bonds is 4. The monoisotopic (exact) mass is 417 g/mol. The van der Waals surface area contributed by atoms with Crippen molar-refractivity contribution in [3.8, 4) is 17.2 Å². The zero-order valence-electron chi connectivity index (χ0n) is 17.8. The minimum absolute atomic E-state index is 0.0843. The maximum atomic E-state index is 13.2. The standard InChI is InChI=1S/C25H27N3O3/c1-18-20(26-24(30-18)19-10-4-2-5-11-19)16-28-17-23(25(29)27-14-8-3-9-15-27)31-22-13-7-6-12-21(22)28/h2,4-7,10-13,23H,3,8-9,14-17H2,1H3. The number of nitrogens with zero attached hydrogens (tertiary/aromatic N) is 3. The van der Waals surface area contributed by atoms with E-state index in [-0.39, 0.29) is 5.91 Å². The number of fused-ring (bicyclic) bond motifs is 1. The number of oxazole rings is 1. The van der Waals surface area contributed by atoms with Gasteiger partial charge in [0.05, 0.1) is 18.8 Å². The number of carbonyl (C=O) groups excluding carboxylic acids is 1. The molecule has 3 heterocycles. The Kier molecular flexibility index (Phi) is 5.37. The van der Waals surface area contributed by atoms with Crippen LogP contribution in [0.1, 0.15) is 30.7 Å². The van der Waals surface area contributed by atoms with Crippen molar-refractivity contribution in [3.05, 3.63) is 66.1 Å². The van der Waals surface area contributed by atoms with Gasteiger partial charge in [-0.2, -0.15) is 0 Å². The fourth-order valence-corrected chi connectivity index (χ4v) is 4.36. The molecule has 3 aromatic rings. The van der Waals surface area contributed by atoms with Gasteiger partial charge in [0, 0.05) is 18.7 Å². The van der Waals surface area contributed by atoms with Gasteiger partial charge in [0.1, 0.15) is 17.2 Å². The number of carbonyl (C=O) groups is 1. The van der Waals surface area contributed by atoms with Crippen LogP contribution in [0.15, 0.2) is 59.0 Å². The Hall–Kier alpha value is -3.28. The second kappa shape index (κ2) is 8.46. The molecule has 0 bridgehead atoms. The van der Waals surface area contributed by atoms with Gasteiger partial charge in [0.15, 0.2) is 6.10 Å². The molecule has 2 aliphatic heterocycles. The van der Waals surface area contributed by atoms with E-state index in [4.69, 9.17) is 14.1 Å². The zero-order chi connectivity index (χ0) is 21.2. The fourth-order valence-electron chi connectivity index (χ4n) is 4.36. The average molecular weight is 418 g/mol. The third-order valence-electron chi connectivity index (χ3n) is 6.06. The van der Waals surface area contributed by atoms with Crippen LogP contribution in [0.4, 0.5) is 5.69 Å². The van der Waals surface area contributed by atoms with Gasteiger partial charge >= 0.3 is 0 Å². The number of para-hydroxylation sites is 2. The molecule has 0 radical (unpaired) electrons. The van der Waals surface area contributed by atoms with Gasteiger partial charge in [0.2, 0.25) is 5.89 Å². The quantitative estimate of drug-likeness (QED) is 0.629. The molecule has 0 saturated carbocycles. The lowest BCUT2D eigenvalue weighted by atomic mass is 10.1. The van der Waals surface area contributed by atoms with E-state index >= 15 is 0 Å². The molecule has 31 heavy (non-hydrogen) atoms. The Morgan fingerprint density at radius 2 is 1.77 bits per heavy atom. The number of likely N-dealkylation sites (tertiary alicyclic amines) is 1. The molecule has 1 atom stereocenters. The number of amides is 1.